The minimum atomic E-state index is -0.115. The van der Waals surface area contributed by atoms with E-state index < -0.39 is 0 Å². The van der Waals surface area contributed by atoms with Gasteiger partial charge in [0.25, 0.3) is 5.91 Å². The molecule has 34 heavy (non-hydrogen) atoms. The van der Waals surface area contributed by atoms with Gasteiger partial charge in [-0.3, -0.25) is 19.2 Å². The predicted molar refractivity (Wildman–Crippen MR) is 134 cm³/mol. The average Bonchev–Trinajstić information content (AvgIpc) is 3.20. The van der Waals surface area contributed by atoms with Crippen molar-refractivity contribution in [3.63, 3.8) is 0 Å². The first-order valence-corrected chi connectivity index (χ1v) is 12.2. The van der Waals surface area contributed by atoms with Crippen LogP contribution in [0.3, 0.4) is 0 Å². The number of carbonyl (C=O) groups is 2. The number of methoxy groups -OCH3 is 1. The van der Waals surface area contributed by atoms with Crippen molar-refractivity contribution >= 4 is 29.1 Å². The van der Waals surface area contributed by atoms with Gasteiger partial charge in [-0.05, 0) is 49.9 Å². The molecule has 1 aromatic heterocycles. The van der Waals surface area contributed by atoms with Crippen molar-refractivity contribution in [1.29, 1.82) is 0 Å². The molecular formula is C25H36ClN5O3. The molecule has 0 radical (unpaired) electrons. The van der Waals surface area contributed by atoms with Crippen molar-refractivity contribution in [1.82, 2.24) is 19.6 Å². The lowest BCUT2D eigenvalue weighted by atomic mass is 10.1. The van der Waals surface area contributed by atoms with Crippen LogP contribution in [0, 0.1) is 0 Å². The molecule has 9 heteroatoms. The number of hydrogen-bond acceptors (Lipinski definition) is 5. The fourth-order valence-corrected chi connectivity index (χ4v) is 4.49. The van der Waals surface area contributed by atoms with Gasteiger partial charge in [0.15, 0.2) is 0 Å². The van der Waals surface area contributed by atoms with Gasteiger partial charge in [0.2, 0.25) is 5.91 Å². The number of rotatable bonds is 6. The Hall–Kier alpha value is -2.42. The van der Waals surface area contributed by atoms with Gasteiger partial charge in [-0.15, -0.1) is 0 Å². The van der Waals surface area contributed by atoms with E-state index in [1.54, 1.807) is 15.8 Å². The van der Waals surface area contributed by atoms with E-state index in [2.05, 4.69) is 23.8 Å². The number of hydrogen-bond donors (Lipinski definition) is 0. The standard InChI is InChI=1S/C25H36ClN5O3/c1-19(2)29-10-5-11-31(25(33)18-34-4)23-14-22(26)8-7-21(23)17-30(13-12-29)24(32)9-6-20-15-27-28(3)16-20/h7-8,14-16,19H,5-6,9-13,17-18H2,1-4H3. The van der Waals surface area contributed by atoms with Crippen LogP contribution < -0.4 is 4.90 Å². The third-order valence-corrected chi connectivity index (χ3v) is 6.46. The van der Waals surface area contributed by atoms with Crippen molar-refractivity contribution in [3.8, 4) is 0 Å². The van der Waals surface area contributed by atoms with Crippen LogP contribution in [0.2, 0.25) is 5.02 Å². The first kappa shape index (κ1) is 26.2. The molecule has 0 fully saturated rings. The molecule has 2 aromatic rings. The number of anilines is 1. The van der Waals surface area contributed by atoms with Gasteiger partial charge in [-0.25, -0.2) is 0 Å². The number of aromatic nitrogens is 2. The summed E-state index contributed by atoms with van der Waals surface area (Å²) in [5.41, 5.74) is 2.69. The quantitative estimate of drug-likeness (QED) is 0.623. The molecule has 0 N–H and O–H groups in total. The number of benzene rings is 1. The third kappa shape index (κ3) is 7.04. The van der Waals surface area contributed by atoms with Crippen LogP contribution in [0.25, 0.3) is 0 Å². The molecule has 2 heterocycles. The first-order valence-electron chi connectivity index (χ1n) is 11.9. The molecule has 0 spiro atoms. The Morgan fingerprint density at radius 3 is 2.62 bits per heavy atom. The van der Waals surface area contributed by atoms with E-state index in [0.29, 0.717) is 43.5 Å². The molecule has 0 atom stereocenters. The van der Waals surface area contributed by atoms with Crippen LogP contribution >= 0.6 is 11.6 Å². The summed E-state index contributed by atoms with van der Waals surface area (Å²) < 4.78 is 6.89. The van der Waals surface area contributed by atoms with E-state index in [4.69, 9.17) is 16.3 Å². The monoisotopic (exact) mass is 489 g/mol. The van der Waals surface area contributed by atoms with Gasteiger partial charge >= 0.3 is 0 Å². The van der Waals surface area contributed by atoms with Crippen molar-refractivity contribution in [2.75, 3.05) is 44.8 Å². The summed E-state index contributed by atoms with van der Waals surface area (Å²) >= 11 is 6.34. The summed E-state index contributed by atoms with van der Waals surface area (Å²) in [6.07, 6.45) is 5.61. The zero-order chi connectivity index (χ0) is 24.7. The fourth-order valence-electron chi connectivity index (χ4n) is 4.32. The number of aryl methyl sites for hydroxylation is 2. The maximum Gasteiger partial charge on any atom is 0.252 e. The Labute approximate surface area is 207 Å². The maximum absolute atomic E-state index is 13.4. The zero-order valence-corrected chi connectivity index (χ0v) is 21.4. The molecule has 1 aromatic carbocycles. The molecule has 0 unspecified atom stereocenters. The number of halogens is 1. The topological polar surface area (TPSA) is 70.9 Å². The number of amides is 2. The maximum atomic E-state index is 13.4. The van der Waals surface area contributed by atoms with Gasteiger partial charge in [-0.2, -0.15) is 5.10 Å². The first-order chi connectivity index (χ1) is 16.3. The van der Waals surface area contributed by atoms with Crippen LogP contribution in [0.5, 0.6) is 0 Å². The Kier molecular flexibility index (Phi) is 9.50. The van der Waals surface area contributed by atoms with E-state index in [9.17, 15) is 9.59 Å². The lowest BCUT2D eigenvalue weighted by molar-refractivity contribution is -0.132. The van der Waals surface area contributed by atoms with E-state index in [1.165, 1.54) is 7.11 Å². The molecule has 2 amide bonds. The summed E-state index contributed by atoms with van der Waals surface area (Å²) in [5.74, 6) is -0.0294. The summed E-state index contributed by atoms with van der Waals surface area (Å²) in [4.78, 5) is 32.3. The zero-order valence-electron chi connectivity index (χ0n) is 20.7. The van der Waals surface area contributed by atoms with E-state index in [0.717, 1.165) is 36.3 Å². The molecule has 1 aliphatic heterocycles. The summed E-state index contributed by atoms with van der Waals surface area (Å²) in [5, 5.41) is 4.76. The highest BCUT2D eigenvalue weighted by Crippen LogP contribution is 2.28. The largest absolute Gasteiger partial charge is 0.375 e. The molecule has 3 rings (SSSR count). The molecule has 0 saturated carbocycles. The summed E-state index contributed by atoms with van der Waals surface area (Å²) in [7, 11) is 3.39. The van der Waals surface area contributed by atoms with Crippen LogP contribution in [-0.2, 0) is 34.3 Å². The second-order valence-electron chi connectivity index (χ2n) is 9.07. The van der Waals surface area contributed by atoms with Crippen molar-refractivity contribution in [2.24, 2.45) is 7.05 Å². The van der Waals surface area contributed by atoms with Gasteiger partial charge in [0.1, 0.15) is 6.61 Å². The Morgan fingerprint density at radius 2 is 1.94 bits per heavy atom. The lowest BCUT2D eigenvalue weighted by Gasteiger charge is -2.30. The highest BCUT2D eigenvalue weighted by atomic mass is 35.5. The number of nitrogens with zero attached hydrogens (tertiary/aromatic N) is 5. The van der Waals surface area contributed by atoms with E-state index >= 15 is 0 Å². The summed E-state index contributed by atoms with van der Waals surface area (Å²) in [6.45, 7) is 7.54. The van der Waals surface area contributed by atoms with E-state index in [-0.39, 0.29) is 18.4 Å². The second-order valence-corrected chi connectivity index (χ2v) is 9.51. The molecule has 186 valence electrons. The predicted octanol–water partition coefficient (Wildman–Crippen LogP) is 3.13. The molecule has 8 nitrogen and oxygen atoms in total. The van der Waals surface area contributed by atoms with Gasteiger partial charge in [-0.1, -0.05) is 17.7 Å². The van der Waals surface area contributed by atoms with Crippen molar-refractivity contribution < 1.29 is 14.3 Å². The lowest BCUT2D eigenvalue weighted by Crippen LogP contribution is -2.41. The molecule has 0 bridgehead atoms. The van der Waals surface area contributed by atoms with Crippen LogP contribution in [0.4, 0.5) is 5.69 Å². The van der Waals surface area contributed by atoms with Crippen LogP contribution in [0.15, 0.2) is 30.6 Å². The Morgan fingerprint density at radius 1 is 1.15 bits per heavy atom. The van der Waals surface area contributed by atoms with Crippen molar-refractivity contribution in [2.45, 2.75) is 45.7 Å². The molecule has 0 saturated heterocycles. The molecule has 0 aliphatic carbocycles. The average molecular weight is 490 g/mol. The van der Waals surface area contributed by atoms with Gasteiger partial charge in [0.05, 0.1) is 11.9 Å². The second kappa shape index (κ2) is 12.3. The minimum Gasteiger partial charge on any atom is -0.375 e. The number of ether oxygens (including phenoxy) is 1. The van der Waals surface area contributed by atoms with Crippen LogP contribution in [-0.4, -0.2) is 77.3 Å². The fraction of sp³-hybridized carbons (Fsp3) is 0.560. The number of fused-ring (bicyclic) bond motifs is 1. The molecule has 1 aliphatic rings. The number of carbonyl (C=O) groups excluding carboxylic acids is 2. The highest BCUT2D eigenvalue weighted by Gasteiger charge is 2.24. The van der Waals surface area contributed by atoms with Crippen molar-refractivity contribution in [3.05, 3.63) is 46.7 Å². The minimum absolute atomic E-state index is 0.00635. The summed E-state index contributed by atoms with van der Waals surface area (Å²) in [6, 6.07) is 5.90. The van der Waals surface area contributed by atoms with E-state index in [1.807, 2.05) is 36.3 Å². The van der Waals surface area contributed by atoms with Crippen LogP contribution in [0.1, 0.15) is 37.8 Å². The highest BCUT2D eigenvalue weighted by molar-refractivity contribution is 6.31. The van der Waals surface area contributed by atoms with Gasteiger partial charge in [0, 0.05) is 70.6 Å². The smallest absolute Gasteiger partial charge is 0.252 e. The SMILES string of the molecule is COCC(=O)N1CCCN(C(C)C)CCN(C(=O)CCc2cnn(C)c2)Cc2ccc(Cl)cc21. The normalized spacial score (nSPS) is 15.8. The Bertz CT molecular complexity index is 977. The van der Waals surface area contributed by atoms with Gasteiger partial charge < -0.3 is 14.5 Å². The Balaban J connectivity index is 1.90. The molecular weight excluding hydrogens is 454 g/mol. The third-order valence-electron chi connectivity index (χ3n) is 6.22.